The maximum atomic E-state index is 13.0. The summed E-state index contributed by atoms with van der Waals surface area (Å²) in [6, 6.07) is 9.84. The molecule has 2 aliphatic heterocycles. The fourth-order valence-corrected chi connectivity index (χ4v) is 3.91. The van der Waals surface area contributed by atoms with E-state index < -0.39 is 17.5 Å². The molecule has 5 N–H and O–H groups in total. The molecule has 2 aliphatic rings. The third-order valence-electron chi connectivity index (χ3n) is 5.58. The van der Waals surface area contributed by atoms with E-state index in [-0.39, 0.29) is 12.5 Å². The molecule has 0 aliphatic carbocycles. The predicted octanol–water partition coefficient (Wildman–Crippen LogP) is 0.739. The molecule has 32 heavy (non-hydrogen) atoms. The van der Waals surface area contributed by atoms with E-state index in [1.807, 2.05) is 6.07 Å². The molecule has 1 saturated heterocycles. The lowest BCUT2D eigenvalue weighted by Gasteiger charge is -2.26. The molecule has 5 rings (SSSR count). The largest absolute Gasteiger partial charge is 0.497 e. The maximum absolute atomic E-state index is 13.0. The first kappa shape index (κ1) is 19.4. The predicted molar refractivity (Wildman–Crippen MR) is 115 cm³/mol. The smallest absolute Gasteiger partial charge is 0.323 e. The van der Waals surface area contributed by atoms with Crippen LogP contribution in [-0.4, -0.2) is 52.1 Å². The highest BCUT2D eigenvalue weighted by atomic mass is 16.5. The standard InChI is InChI=1S/C22H18N6O4/c1-32-14-4-3-13-10-28(19(29)16(13)9-14)11-22(20(30)24-21(31)25-22)7-6-12-2-5-15-17(8-12)26-27-18(15)23/h2-5,8-9H,10-11H2,1H3,(H3,23,26,27)(H2,24,25,30,31). The zero-order chi connectivity index (χ0) is 22.5. The van der Waals surface area contributed by atoms with E-state index in [0.29, 0.717) is 34.8 Å². The quantitative estimate of drug-likeness (QED) is 0.357. The van der Waals surface area contributed by atoms with Gasteiger partial charge in [0.05, 0.1) is 19.2 Å². The lowest BCUT2D eigenvalue weighted by molar-refractivity contribution is -0.122. The number of aromatic nitrogens is 2. The van der Waals surface area contributed by atoms with Gasteiger partial charge in [0, 0.05) is 23.1 Å². The second-order valence-corrected chi connectivity index (χ2v) is 7.62. The maximum Gasteiger partial charge on any atom is 0.323 e. The van der Waals surface area contributed by atoms with E-state index in [4.69, 9.17) is 10.5 Å². The van der Waals surface area contributed by atoms with Gasteiger partial charge in [-0.1, -0.05) is 17.9 Å². The fraction of sp³-hybridized carbons (Fsp3) is 0.182. The topological polar surface area (TPSA) is 142 Å². The number of nitrogens with zero attached hydrogens (tertiary/aromatic N) is 2. The van der Waals surface area contributed by atoms with Crippen LogP contribution >= 0.6 is 0 Å². The van der Waals surface area contributed by atoms with Crippen molar-refractivity contribution in [3.8, 4) is 17.6 Å². The normalized spacial score (nSPS) is 19.4. The average Bonchev–Trinajstić information content (AvgIpc) is 3.40. The van der Waals surface area contributed by atoms with Gasteiger partial charge in [0.2, 0.25) is 5.54 Å². The first-order chi connectivity index (χ1) is 15.4. The van der Waals surface area contributed by atoms with Crippen LogP contribution in [-0.2, 0) is 11.3 Å². The van der Waals surface area contributed by atoms with Gasteiger partial charge in [-0.25, -0.2) is 4.79 Å². The van der Waals surface area contributed by atoms with Crippen LogP contribution in [0.3, 0.4) is 0 Å². The van der Waals surface area contributed by atoms with E-state index in [0.717, 1.165) is 10.9 Å². The van der Waals surface area contributed by atoms with Crippen LogP contribution in [0.15, 0.2) is 36.4 Å². The number of carbonyl (C=O) groups excluding carboxylic acids is 3. The van der Waals surface area contributed by atoms with Gasteiger partial charge in [-0.05, 0) is 35.9 Å². The van der Waals surface area contributed by atoms with Crippen molar-refractivity contribution in [3.05, 3.63) is 53.1 Å². The number of nitrogen functional groups attached to an aromatic ring is 1. The summed E-state index contributed by atoms with van der Waals surface area (Å²) in [6.45, 7) is 0.191. The molecule has 10 heteroatoms. The van der Waals surface area contributed by atoms with Crippen LogP contribution in [0.4, 0.5) is 10.6 Å². The summed E-state index contributed by atoms with van der Waals surface area (Å²) in [7, 11) is 1.52. The minimum atomic E-state index is -1.58. The zero-order valence-corrected chi connectivity index (χ0v) is 17.0. The van der Waals surface area contributed by atoms with Gasteiger partial charge >= 0.3 is 6.03 Å². The highest BCUT2D eigenvalue weighted by Gasteiger charge is 2.48. The summed E-state index contributed by atoms with van der Waals surface area (Å²) in [5, 5.41) is 12.3. The van der Waals surface area contributed by atoms with Crippen LogP contribution in [0, 0.1) is 11.8 Å². The van der Waals surface area contributed by atoms with Crippen molar-refractivity contribution in [2.24, 2.45) is 0 Å². The summed E-state index contributed by atoms with van der Waals surface area (Å²) < 4.78 is 5.20. The monoisotopic (exact) mass is 430 g/mol. The van der Waals surface area contributed by atoms with E-state index in [1.165, 1.54) is 12.0 Å². The Morgan fingerprint density at radius 1 is 1.22 bits per heavy atom. The number of rotatable bonds is 3. The number of nitrogens with two attached hydrogens (primary N) is 1. The van der Waals surface area contributed by atoms with Crippen LogP contribution in [0.5, 0.6) is 5.75 Å². The Balaban J connectivity index is 1.47. The Morgan fingerprint density at radius 2 is 2.06 bits per heavy atom. The number of benzene rings is 2. The number of carbonyl (C=O) groups is 3. The molecule has 10 nitrogen and oxygen atoms in total. The number of ether oxygens (including phenoxy) is 1. The van der Waals surface area contributed by atoms with Crippen molar-refractivity contribution in [1.82, 2.24) is 25.7 Å². The zero-order valence-electron chi connectivity index (χ0n) is 17.0. The fourth-order valence-electron chi connectivity index (χ4n) is 3.91. The second-order valence-electron chi connectivity index (χ2n) is 7.62. The summed E-state index contributed by atoms with van der Waals surface area (Å²) >= 11 is 0. The molecule has 0 bridgehead atoms. The van der Waals surface area contributed by atoms with Crippen LogP contribution in [0.25, 0.3) is 10.9 Å². The molecule has 3 aromatic rings. The van der Waals surface area contributed by atoms with Crippen molar-refractivity contribution >= 4 is 34.6 Å². The number of anilines is 1. The van der Waals surface area contributed by atoms with E-state index in [2.05, 4.69) is 32.7 Å². The van der Waals surface area contributed by atoms with E-state index >= 15 is 0 Å². The number of aromatic amines is 1. The minimum absolute atomic E-state index is 0.105. The van der Waals surface area contributed by atoms with Crippen molar-refractivity contribution in [2.75, 3.05) is 19.4 Å². The number of hydrogen-bond donors (Lipinski definition) is 4. The highest BCUT2D eigenvalue weighted by Crippen LogP contribution is 2.28. The van der Waals surface area contributed by atoms with Crippen molar-refractivity contribution < 1.29 is 19.1 Å². The van der Waals surface area contributed by atoms with Gasteiger partial charge in [-0.3, -0.25) is 20.0 Å². The Kier molecular flexibility index (Phi) is 4.27. The van der Waals surface area contributed by atoms with Crippen LogP contribution in [0.2, 0.25) is 0 Å². The molecule has 1 fully saturated rings. The first-order valence-electron chi connectivity index (χ1n) is 9.75. The lowest BCUT2D eigenvalue weighted by Crippen LogP contribution is -2.54. The molecule has 1 atom stereocenters. The molecule has 3 heterocycles. The number of urea groups is 1. The SMILES string of the molecule is COc1ccc2c(c1)C(=O)N(CC1(C#Cc3ccc4c(N)n[nH]c4c3)NC(=O)NC1=O)C2. The minimum Gasteiger partial charge on any atom is -0.497 e. The number of amides is 4. The highest BCUT2D eigenvalue weighted by molar-refractivity contribution is 6.10. The molecule has 0 radical (unpaired) electrons. The molecule has 160 valence electrons. The van der Waals surface area contributed by atoms with Gasteiger partial charge in [-0.15, -0.1) is 0 Å². The third kappa shape index (κ3) is 3.07. The van der Waals surface area contributed by atoms with Crippen molar-refractivity contribution in [3.63, 3.8) is 0 Å². The van der Waals surface area contributed by atoms with Crippen molar-refractivity contribution in [2.45, 2.75) is 12.1 Å². The Morgan fingerprint density at radius 3 is 2.81 bits per heavy atom. The van der Waals surface area contributed by atoms with Crippen molar-refractivity contribution in [1.29, 1.82) is 0 Å². The molecular weight excluding hydrogens is 412 g/mol. The van der Waals surface area contributed by atoms with Gasteiger partial charge < -0.3 is 20.7 Å². The molecule has 4 amide bonds. The number of hydrogen-bond acceptors (Lipinski definition) is 6. The summed E-state index contributed by atoms with van der Waals surface area (Å²) in [4.78, 5) is 39.1. The Bertz CT molecular complexity index is 1370. The van der Waals surface area contributed by atoms with E-state index in [9.17, 15) is 14.4 Å². The van der Waals surface area contributed by atoms with Crippen LogP contribution in [0.1, 0.15) is 21.5 Å². The third-order valence-corrected chi connectivity index (χ3v) is 5.58. The summed E-state index contributed by atoms with van der Waals surface area (Å²) in [5.74, 6) is 5.89. The lowest BCUT2D eigenvalue weighted by atomic mass is 9.99. The number of fused-ring (bicyclic) bond motifs is 2. The number of methoxy groups -OCH3 is 1. The van der Waals surface area contributed by atoms with E-state index in [1.54, 1.807) is 30.3 Å². The Hall–Kier alpha value is -4.52. The van der Waals surface area contributed by atoms with Gasteiger partial charge in [0.15, 0.2) is 5.82 Å². The molecule has 0 spiro atoms. The summed E-state index contributed by atoms with van der Waals surface area (Å²) in [6.07, 6.45) is 0. The molecule has 1 aromatic heterocycles. The van der Waals surface area contributed by atoms with Gasteiger partial charge in [-0.2, -0.15) is 5.10 Å². The number of imide groups is 1. The average molecular weight is 430 g/mol. The van der Waals surface area contributed by atoms with Gasteiger partial charge in [0.25, 0.3) is 11.8 Å². The molecule has 1 unspecified atom stereocenters. The Labute approximate surface area is 182 Å². The molecular formula is C22H18N6O4. The molecule has 0 saturated carbocycles. The number of H-pyrrole nitrogens is 1. The first-order valence-corrected chi connectivity index (χ1v) is 9.75. The van der Waals surface area contributed by atoms with Gasteiger partial charge in [0.1, 0.15) is 5.75 Å². The molecule has 2 aromatic carbocycles. The second kappa shape index (κ2) is 7.02. The number of nitrogens with one attached hydrogen (secondary N) is 3. The van der Waals surface area contributed by atoms with Crippen LogP contribution < -0.4 is 21.1 Å². The summed E-state index contributed by atoms with van der Waals surface area (Å²) in [5.41, 5.74) is 6.81.